The van der Waals surface area contributed by atoms with Crippen molar-refractivity contribution in [3.63, 3.8) is 0 Å². The third-order valence-electron chi connectivity index (χ3n) is 3.35. The first-order valence-corrected chi connectivity index (χ1v) is 9.65. The average Bonchev–Trinajstić information content (AvgIpc) is 2.35. The molecule has 0 aromatic carbocycles. The molecule has 0 aliphatic carbocycles. The molecule has 2 heteroatoms. The summed E-state index contributed by atoms with van der Waals surface area (Å²) in [6, 6.07) is 0. The predicted molar refractivity (Wildman–Crippen MR) is 96.4 cm³/mol. The fourth-order valence-corrected chi connectivity index (χ4v) is 3.77. The van der Waals surface area contributed by atoms with Gasteiger partial charge in [-0.1, -0.05) is 97.2 Å². The van der Waals surface area contributed by atoms with E-state index in [-0.39, 0.29) is 0 Å². The van der Waals surface area contributed by atoms with Gasteiger partial charge in [-0.2, -0.15) is 0 Å². The molecule has 0 amide bonds. The summed E-state index contributed by atoms with van der Waals surface area (Å²) in [5, 5.41) is 0.653. The molecule has 0 rings (SSSR count). The number of thiocarbonyl (C=S) groups is 1. The standard InChI is InChI=1S/C17H34S2/c1-4-5-6-7-8-9-10-11-12-13-14-15-17(18)19-16(2)3/h16H,4-15H2,1-3H3. The third-order valence-corrected chi connectivity index (χ3v) is 4.78. The summed E-state index contributed by atoms with van der Waals surface area (Å²) in [4.78, 5) is 0. The molecular weight excluding hydrogens is 268 g/mol. The molecule has 0 saturated heterocycles. The third kappa shape index (κ3) is 16.4. The molecule has 0 nitrogen and oxygen atoms in total. The Hall–Kier alpha value is 0.440. The summed E-state index contributed by atoms with van der Waals surface area (Å²) in [6.07, 6.45) is 16.7. The zero-order chi connectivity index (χ0) is 14.3. The summed E-state index contributed by atoms with van der Waals surface area (Å²) in [5.41, 5.74) is 0. The molecule has 0 aliphatic rings. The van der Waals surface area contributed by atoms with Crippen LogP contribution in [0.3, 0.4) is 0 Å². The summed E-state index contributed by atoms with van der Waals surface area (Å²) < 4.78 is 1.21. The molecule has 0 aliphatic heterocycles. The van der Waals surface area contributed by atoms with Gasteiger partial charge in [-0.25, -0.2) is 0 Å². The molecule has 114 valence electrons. The number of hydrogen-bond acceptors (Lipinski definition) is 2. The molecule has 0 bridgehead atoms. The summed E-state index contributed by atoms with van der Waals surface area (Å²) in [6.45, 7) is 6.72. The number of unbranched alkanes of at least 4 members (excludes halogenated alkanes) is 10. The quantitative estimate of drug-likeness (QED) is 0.261. The van der Waals surface area contributed by atoms with E-state index in [0.717, 1.165) is 6.42 Å². The molecule has 0 radical (unpaired) electrons. The van der Waals surface area contributed by atoms with Crippen LogP contribution in [0.15, 0.2) is 0 Å². The molecule has 0 aromatic heterocycles. The van der Waals surface area contributed by atoms with Crippen molar-refractivity contribution in [2.24, 2.45) is 0 Å². The first-order valence-electron chi connectivity index (χ1n) is 8.36. The zero-order valence-corrected chi connectivity index (χ0v) is 15.0. The molecular formula is C17H34S2. The van der Waals surface area contributed by atoms with Gasteiger partial charge in [0.1, 0.15) is 0 Å². The second-order valence-electron chi connectivity index (χ2n) is 5.82. The van der Waals surface area contributed by atoms with Gasteiger partial charge in [0, 0.05) is 9.45 Å². The van der Waals surface area contributed by atoms with Gasteiger partial charge in [0.15, 0.2) is 0 Å². The topological polar surface area (TPSA) is 0 Å². The van der Waals surface area contributed by atoms with E-state index in [0.29, 0.717) is 5.25 Å². The Balaban J connectivity index is 3.08. The molecule has 0 N–H and O–H groups in total. The molecule has 0 unspecified atom stereocenters. The van der Waals surface area contributed by atoms with Crippen molar-refractivity contribution in [2.45, 2.75) is 103 Å². The first-order chi connectivity index (χ1) is 9.16. The Kier molecular flexibility index (Phi) is 15.2. The van der Waals surface area contributed by atoms with Gasteiger partial charge in [-0.15, -0.1) is 11.8 Å². The van der Waals surface area contributed by atoms with Crippen LogP contribution in [-0.2, 0) is 0 Å². The minimum Gasteiger partial charge on any atom is -0.116 e. The Morgan fingerprint density at radius 2 is 1.21 bits per heavy atom. The monoisotopic (exact) mass is 302 g/mol. The Morgan fingerprint density at radius 3 is 1.63 bits per heavy atom. The Bertz CT molecular complexity index is 199. The highest BCUT2D eigenvalue weighted by atomic mass is 32.2. The highest BCUT2D eigenvalue weighted by Gasteiger charge is 2.01. The van der Waals surface area contributed by atoms with Crippen molar-refractivity contribution in [3.05, 3.63) is 0 Å². The molecule has 0 fully saturated rings. The van der Waals surface area contributed by atoms with Crippen LogP contribution in [0.5, 0.6) is 0 Å². The largest absolute Gasteiger partial charge is 0.116 e. The average molecular weight is 303 g/mol. The maximum absolute atomic E-state index is 5.36. The highest BCUT2D eigenvalue weighted by molar-refractivity contribution is 8.23. The lowest BCUT2D eigenvalue weighted by Gasteiger charge is -2.06. The minimum absolute atomic E-state index is 0.653. The zero-order valence-electron chi connectivity index (χ0n) is 13.4. The van der Waals surface area contributed by atoms with Gasteiger partial charge in [0.2, 0.25) is 0 Å². The Morgan fingerprint density at radius 1 is 0.789 bits per heavy atom. The molecule has 0 aromatic rings. The van der Waals surface area contributed by atoms with Crippen LogP contribution >= 0.6 is 24.0 Å². The lowest BCUT2D eigenvalue weighted by Crippen LogP contribution is -1.95. The van der Waals surface area contributed by atoms with E-state index in [2.05, 4.69) is 20.8 Å². The summed E-state index contributed by atoms with van der Waals surface area (Å²) in [7, 11) is 0. The second kappa shape index (κ2) is 14.8. The van der Waals surface area contributed by atoms with Gasteiger partial charge in [-0.05, 0) is 12.8 Å². The van der Waals surface area contributed by atoms with E-state index in [1.54, 1.807) is 0 Å². The van der Waals surface area contributed by atoms with Crippen molar-refractivity contribution in [1.29, 1.82) is 0 Å². The summed E-state index contributed by atoms with van der Waals surface area (Å²) in [5.74, 6) is 0. The van der Waals surface area contributed by atoms with Crippen molar-refractivity contribution in [3.8, 4) is 0 Å². The van der Waals surface area contributed by atoms with E-state index < -0.39 is 0 Å². The van der Waals surface area contributed by atoms with Crippen LogP contribution in [0, 0.1) is 0 Å². The lowest BCUT2D eigenvalue weighted by atomic mass is 10.1. The van der Waals surface area contributed by atoms with E-state index in [1.165, 1.54) is 74.8 Å². The van der Waals surface area contributed by atoms with Gasteiger partial charge < -0.3 is 0 Å². The van der Waals surface area contributed by atoms with Crippen LogP contribution in [0.2, 0.25) is 0 Å². The minimum atomic E-state index is 0.653. The number of rotatable bonds is 13. The van der Waals surface area contributed by atoms with E-state index in [1.807, 2.05) is 11.8 Å². The molecule has 19 heavy (non-hydrogen) atoms. The van der Waals surface area contributed by atoms with E-state index in [4.69, 9.17) is 12.2 Å². The predicted octanol–water partition coefficient (Wildman–Crippen LogP) is 7.16. The van der Waals surface area contributed by atoms with Crippen LogP contribution in [0.25, 0.3) is 0 Å². The normalized spacial score (nSPS) is 11.2. The molecule has 0 saturated carbocycles. The van der Waals surface area contributed by atoms with Crippen LogP contribution in [0.4, 0.5) is 0 Å². The van der Waals surface area contributed by atoms with Crippen molar-refractivity contribution < 1.29 is 0 Å². The SMILES string of the molecule is CCCCCCCCCCCCCC(=S)SC(C)C. The maximum Gasteiger partial charge on any atom is 0.0480 e. The lowest BCUT2D eigenvalue weighted by molar-refractivity contribution is 0.552. The van der Waals surface area contributed by atoms with Crippen molar-refractivity contribution in [2.75, 3.05) is 0 Å². The Labute approximate surface area is 131 Å². The van der Waals surface area contributed by atoms with Crippen molar-refractivity contribution in [1.82, 2.24) is 0 Å². The van der Waals surface area contributed by atoms with Gasteiger partial charge in [-0.3, -0.25) is 0 Å². The smallest absolute Gasteiger partial charge is 0.0480 e. The van der Waals surface area contributed by atoms with Gasteiger partial charge >= 0.3 is 0 Å². The van der Waals surface area contributed by atoms with E-state index in [9.17, 15) is 0 Å². The van der Waals surface area contributed by atoms with Gasteiger partial charge in [0.05, 0.1) is 0 Å². The van der Waals surface area contributed by atoms with Crippen LogP contribution in [0.1, 0.15) is 97.8 Å². The number of thioether (sulfide) groups is 1. The summed E-state index contributed by atoms with van der Waals surface area (Å²) >= 11 is 7.23. The van der Waals surface area contributed by atoms with Gasteiger partial charge in [0.25, 0.3) is 0 Å². The molecule has 0 heterocycles. The second-order valence-corrected chi connectivity index (χ2v) is 8.25. The fourth-order valence-electron chi connectivity index (χ4n) is 2.26. The molecule has 0 spiro atoms. The molecule has 0 atom stereocenters. The van der Waals surface area contributed by atoms with Crippen molar-refractivity contribution >= 4 is 28.2 Å². The van der Waals surface area contributed by atoms with Crippen LogP contribution < -0.4 is 0 Å². The fraction of sp³-hybridized carbons (Fsp3) is 0.941. The first kappa shape index (κ1) is 19.4. The van der Waals surface area contributed by atoms with E-state index >= 15 is 0 Å². The highest BCUT2D eigenvalue weighted by Crippen LogP contribution is 2.18. The number of hydrogen-bond donors (Lipinski definition) is 0. The maximum atomic E-state index is 5.36. The van der Waals surface area contributed by atoms with Crippen LogP contribution in [-0.4, -0.2) is 9.45 Å².